The monoisotopic (exact) mass is 547 g/mol. The number of carbonyl (C=O) groups excluding carboxylic acids is 1. The molecule has 1 aliphatic heterocycles. The topological polar surface area (TPSA) is 118 Å². The van der Waals surface area contributed by atoms with E-state index in [1.165, 1.54) is 36.4 Å². The number of phenols is 1. The number of aliphatic hydroxyl groups excluding tert-OH is 1. The third kappa shape index (κ3) is 5.24. The summed E-state index contributed by atoms with van der Waals surface area (Å²) in [6.07, 6.45) is -0.632. The lowest BCUT2D eigenvalue weighted by Gasteiger charge is -2.48. The van der Waals surface area contributed by atoms with Crippen molar-refractivity contribution in [2.24, 2.45) is 5.92 Å². The molecule has 0 saturated carbocycles. The number of β-lactam (4-membered cyclic amide) rings is 1. The van der Waals surface area contributed by atoms with Crippen molar-refractivity contribution >= 4 is 24.5 Å². The second kappa shape index (κ2) is 10.8. The quantitative estimate of drug-likeness (QED) is 0.178. The van der Waals surface area contributed by atoms with Gasteiger partial charge in [-0.05, 0) is 48.7 Å². The number of para-hydroxylation sites is 1. The largest absolute Gasteiger partial charge is 0.507 e. The van der Waals surface area contributed by atoms with Crippen molar-refractivity contribution in [3.63, 3.8) is 0 Å². The lowest BCUT2D eigenvalue weighted by molar-refractivity contribution is -0.131. The third-order valence-electron chi connectivity index (χ3n) is 7.13. The number of hydrogen-bond acceptors (Lipinski definition) is 4. The molecule has 1 saturated heterocycles. The van der Waals surface area contributed by atoms with Gasteiger partial charge in [0.1, 0.15) is 11.6 Å². The third-order valence-corrected chi connectivity index (χ3v) is 8.15. The number of amides is 1. The lowest BCUT2D eigenvalue weighted by atomic mass is 9.78. The first-order chi connectivity index (χ1) is 18.7. The number of aromatic hydroxyl groups is 1. The molecule has 1 aliphatic rings. The number of phenolic OH excluding ortho intramolecular Hbond substituents is 1. The van der Waals surface area contributed by atoms with Gasteiger partial charge in [0, 0.05) is 22.4 Å². The van der Waals surface area contributed by atoms with E-state index in [-0.39, 0.29) is 46.5 Å². The van der Waals surface area contributed by atoms with Gasteiger partial charge in [0.15, 0.2) is 0 Å². The summed E-state index contributed by atoms with van der Waals surface area (Å²) in [4.78, 5) is 34.5. The van der Waals surface area contributed by atoms with E-state index in [1.54, 1.807) is 47.4 Å². The number of halogens is 1. The Kier molecular flexibility index (Phi) is 7.38. The van der Waals surface area contributed by atoms with Gasteiger partial charge >= 0.3 is 7.60 Å². The predicted octanol–water partition coefficient (Wildman–Crippen LogP) is 5.22. The van der Waals surface area contributed by atoms with Crippen molar-refractivity contribution in [2.45, 2.75) is 25.0 Å². The molecule has 3 atom stereocenters. The van der Waals surface area contributed by atoms with Gasteiger partial charge in [-0.1, -0.05) is 66.7 Å². The van der Waals surface area contributed by atoms with E-state index < -0.39 is 31.5 Å². The zero-order chi connectivity index (χ0) is 27.7. The molecule has 0 bridgehead atoms. The first-order valence-corrected chi connectivity index (χ1v) is 14.1. The molecule has 1 heterocycles. The highest BCUT2D eigenvalue weighted by Crippen LogP contribution is 2.48. The molecule has 0 aliphatic carbocycles. The van der Waals surface area contributed by atoms with E-state index in [9.17, 15) is 33.7 Å². The van der Waals surface area contributed by atoms with Crippen LogP contribution in [0.2, 0.25) is 0 Å². The number of hydrogen-bond donors (Lipinski definition) is 4. The summed E-state index contributed by atoms with van der Waals surface area (Å²) in [5.74, 6) is -1.38. The van der Waals surface area contributed by atoms with Crippen molar-refractivity contribution in [1.29, 1.82) is 0 Å². The van der Waals surface area contributed by atoms with E-state index in [1.807, 2.05) is 18.2 Å². The Morgan fingerprint density at radius 1 is 0.872 bits per heavy atom. The van der Waals surface area contributed by atoms with Crippen molar-refractivity contribution in [1.82, 2.24) is 0 Å². The van der Waals surface area contributed by atoms with Gasteiger partial charge in [-0.3, -0.25) is 9.36 Å². The van der Waals surface area contributed by atoms with Gasteiger partial charge in [-0.15, -0.1) is 0 Å². The lowest BCUT2D eigenvalue weighted by Crippen LogP contribution is -2.55. The molecule has 5 rings (SSSR count). The zero-order valence-corrected chi connectivity index (χ0v) is 21.7. The van der Waals surface area contributed by atoms with Crippen molar-refractivity contribution in [2.75, 3.05) is 4.90 Å². The van der Waals surface area contributed by atoms with Crippen LogP contribution >= 0.6 is 7.60 Å². The van der Waals surface area contributed by atoms with E-state index in [0.717, 1.165) is 0 Å². The van der Waals surface area contributed by atoms with E-state index in [2.05, 4.69) is 0 Å². The average Bonchev–Trinajstić information content (AvgIpc) is 2.92. The maximum Gasteiger partial charge on any atom is 0.356 e. The Labute approximate surface area is 225 Å². The Morgan fingerprint density at radius 3 is 2.23 bits per heavy atom. The van der Waals surface area contributed by atoms with Gasteiger partial charge in [-0.2, -0.15) is 0 Å². The number of benzene rings is 4. The highest BCUT2D eigenvalue weighted by atomic mass is 31.2. The van der Waals surface area contributed by atoms with Crippen LogP contribution in [0.4, 0.5) is 10.1 Å². The molecule has 0 radical (unpaired) electrons. The molecule has 9 heteroatoms. The van der Waals surface area contributed by atoms with Crippen LogP contribution in [0.1, 0.15) is 36.1 Å². The SMILES string of the molecule is O=C1C(CCC(O)c2ccccc2F)C(c2ccc(-c3ccccc3P(=O)(O)O)c(O)c2)N1c1ccccc1. The standard InChI is InChI=1S/C30H27FNO6P/c31-25-12-6-4-11-23(25)26(33)17-16-24-29(32(30(24)35)20-8-2-1-3-9-20)19-14-15-21(27(34)18-19)22-10-5-7-13-28(22)39(36,37)38/h1-15,18,24,26,29,33-34H,16-17H2,(H2,36,37,38). The number of rotatable bonds is 8. The smallest absolute Gasteiger partial charge is 0.356 e. The Hall–Kier alpha value is -3.81. The van der Waals surface area contributed by atoms with Gasteiger partial charge < -0.3 is 24.9 Å². The molecular weight excluding hydrogens is 520 g/mol. The van der Waals surface area contributed by atoms with E-state index in [0.29, 0.717) is 11.3 Å². The van der Waals surface area contributed by atoms with Crippen LogP contribution in [0.15, 0.2) is 97.1 Å². The maximum absolute atomic E-state index is 14.2. The molecule has 4 aromatic carbocycles. The molecule has 7 nitrogen and oxygen atoms in total. The molecule has 39 heavy (non-hydrogen) atoms. The van der Waals surface area contributed by atoms with Crippen LogP contribution in [0.25, 0.3) is 11.1 Å². The predicted molar refractivity (Wildman–Crippen MR) is 146 cm³/mol. The number of carbonyl (C=O) groups is 1. The minimum absolute atomic E-state index is 0.151. The fourth-order valence-corrected chi connectivity index (χ4v) is 6.03. The number of anilines is 1. The summed E-state index contributed by atoms with van der Waals surface area (Å²) < 4.78 is 26.2. The highest BCUT2D eigenvalue weighted by Gasteiger charge is 2.48. The van der Waals surface area contributed by atoms with Crippen molar-refractivity contribution in [3.8, 4) is 16.9 Å². The molecule has 1 amide bonds. The molecule has 0 aromatic heterocycles. The maximum atomic E-state index is 14.2. The van der Waals surface area contributed by atoms with Crippen LogP contribution in [0, 0.1) is 11.7 Å². The molecular formula is C30H27FNO6P. The molecule has 1 fully saturated rings. The zero-order valence-electron chi connectivity index (χ0n) is 20.8. The van der Waals surface area contributed by atoms with Crippen LogP contribution < -0.4 is 10.2 Å². The van der Waals surface area contributed by atoms with Crippen LogP contribution in [0.3, 0.4) is 0 Å². The summed E-state index contributed by atoms with van der Waals surface area (Å²) in [6, 6.07) is 25.4. The molecule has 3 unspecified atom stereocenters. The fraction of sp³-hybridized carbons (Fsp3) is 0.167. The second-order valence-electron chi connectivity index (χ2n) is 9.55. The molecule has 200 valence electrons. The van der Waals surface area contributed by atoms with Crippen LogP contribution in [-0.2, 0) is 9.36 Å². The van der Waals surface area contributed by atoms with Gasteiger partial charge in [-0.25, -0.2) is 4.39 Å². The van der Waals surface area contributed by atoms with Gasteiger partial charge in [0.05, 0.1) is 23.4 Å². The minimum Gasteiger partial charge on any atom is -0.507 e. The number of nitrogens with zero attached hydrogens (tertiary/aromatic N) is 1. The van der Waals surface area contributed by atoms with Gasteiger partial charge in [0.2, 0.25) is 5.91 Å². The summed E-state index contributed by atoms with van der Waals surface area (Å²) >= 11 is 0. The van der Waals surface area contributed by atoms with Crippen LogP contribution in [-0.4, -0.2) is 25.9 Å². The van der Waals surface area contributed by atoms with Crippen LogP contribution in [0.5, 0.6) is 5.75 Å². The summed E-state index contributed by atoms with van der Waals surface area (Å²) in [5.41, 5.74) is 1.93. The van der Waals surface area contributed by atoms with Crippen molar-refractivity contribution < 1.29 is 33.7 Å². The summed E-state index contributed by atoms with van der Waals surface area (Å²) in [7, 11) is -4.60. The number of aliphatic hydroxyl groups is 1. The first-order valence-electron chi connectivity index (χ1n) is 12.5. The van der Waals surface area contributed by atoms with E-state index in [4.69, 9.17) is 0 Å². The molecule has 0 spiro atoms. The Morgan fingerprint density at radius 2 is 1.54 bits per heavy atom. The summed E-state index contributed by atoms with van der Waals surface area (Å²) in [5, 5.41) is 21.4. The van der Waals surface area contributed by atoms with Gasteiger partial charge in [0.25, 0.3) is 0 Å². The highest BCUT2D eigenvalue weighted by molar-refractivity contribution is 7.60. The first kappa shape index (κ1) is 26.8. The van der Waals surface area contributed by atoms with E-state index >= 15 is 0 Å². The normalized spacial score (nSPS) is 18.1. The average molecular weight is 548 g/mol. The molecule has 4 N–H and O–H groups in total. The fourth-order valence-electron chi connectivity index (χ4n) is 5.24. The Balaban J connectivity index is 1.47. The second-order valence-corrected chi connectivity index (χ2v) is 11.1. The Bertz CT molecular complexity index is 1560. The summed E-state index contributed by atoms with van der Waals surface area (Å²) in [6.45, 7) is 0. The molecule has 4 aromatic rings. The minimum atomic E-state index is -4.60. The van der Waals surface area contributed by atoms with Crippen molar-refractivity contribution in [3.05, 3.63) is 114 Å².